The molecular formula is C9H11N3O5. The first-order chi connectivity index (χ1) is 7.90. The van der Waals surface area contributed by atoms with Crippen LogP contribution < -0.4 is 11.1 Å². The minimum absolute atomic E-state index is 0.266. The van der Waals surface area contributed by atoms with Crippen LogP contribution in [0.5, 0.6) is 0 Å². The van der Waals surface area contributed by atoms with Gasteiger partial charge in [0.15, 0.2) is 0 Å². The first kappa shape index (κ1) is 12.7. The molecular weight excluding hydrogens is 230 g/mol. The molecule has 8 nitrogen and oxygen atoms in total. The number of aliphatic carboxylic acids is 1. The number of nitrogens with one attached hydrogen (secondary N) is 1. The SMILES string of the molecule is Cc1coc(C(=O)N[C@@H](CC(N)=O)C(=O)O)n1. The molecule has 1 rings (SSSR count). The van der Waals surface area contributed by atoms with Gasteiger partial charge in [0.25, 0.3) is 5.89 Å². The maximum absolute atomic E-state index is 11.5. The molecule has 0 radical (unpaired) electrons. The number of aryl methyl sites for hydroxylation is 1. The number of nitrogens with zero attached hydrogens (tertiary/aromatic N) is 1. The minimum Gasteiger partial charge on any atom is -0.480 e. The molecule has 0 bridgehead atoms. The van der Waals surface area contributed by atoms with Crippen LogP contribution in [-0.4, -0.2) is 33.9 Å². The maximum atomic E-state index is 11.5. The molecule has 0 saturated carbocycles. The van der Waals surface area contributed by atoms with Gasteiger partial charge in [0.2, 0.25) is 5.91 Å². The monoisotopic (exact) mass is 241 g/mol. The number of aromatic nitrogens is 1. The number of hydrogen-bond acceptors (Lipinski definition) is 5. The summed E-state index contributed by atoms with van der Waals surface area (Å²) in [5.41, 5.74) is 5.34. The molecule has 1 aromatic rings. The molecule has 0 spiro atoms. The van der Waals surface area contributed by atoms with Crippen LogP contribution in [0.4, 0.5) is 0 Å². The van der Waals surface area contributed by atoms with Gasteiger partial charge < -0.3 is 20.6 Å². The van der Waals surface area contributed by atoms with Crippen molar-refractivity contribution >= 4 is 17.8 Å². The van der Waals surface area contributed by atoms with Gasteiger partial charge in [-0.15, -0.1) is 0 Å². The number of carbonyl (C=O) groups is 3. The van der Waals surface area contributed by atoms with Crippen LogP contribution in [0.2, 0.25) is 0 Å². The average Bonchev–Trinajstić information content (AvgIpc) is 2.63. The lowest BCUT2D eigenvalue weighted by atomic mass is 10.2. The second kappa shape index (κ2) is 5.10. The number of nitrogens with two attached hydrogens (primary N) is 1. The highest BCUT2D eigenvalue weighted by molar-refractivity contribution is 5.94. The van der Waals surface area contributed by atoms with Crippen molar-refractivity contribution in [1.29, 1.82) is 0 Å². The number of hydrogen-bond donors (Lipinski definition) is 3. The highest BCUT2D eigenvalue weighted by Crippen LogP contribution is 2.01. The summed E-state index contributed by atoms with van der Waals surface area (Å²) in [7, 11) is 0. The third-order valence-corrected chi connectivity index (χ3v) is 1.82. The maximum Gasteiger partial charge on any atom is 0.326 e. The third-order valence-electron chi connectivity index (χ3n) is 1.82. The number of primary amides is 1. The van der Waals surface area contributed by atoms with E-state index >= 15 is 0 Å². The lowest BCUT2D eigenvalue weighted by molar-refractivity contribution is -0.140. The molecule has 0 aliphatic rings. The van der Waals surface area contributed by atoms with Gasteiger partial charge in [0.1, 0.15) is 12.3 Å². The van der Waals surface area contributed by atoms with Crippen LogP contribution in [0.1, 0.15) is 22.8 Å². The van der Waals surface area contributed by atoms with E-state index in [0.29, 0.717) is 5.69 Å². The quantitative estimate of drug-likeness (QED) is 0.607. The highest BCUT2D eigenvalue weighted by Gasteiger charge is 2.24. The standard InChI is InChI=1S/C9H11N3O5/c1-4-3-17-8(11-4)7(14)12-5(9(15)16)2-6(10)13/h3,5H,2H2,1H3,(H2,10,13)(H,12,14)(H,15,16)/t5-/m0/s1. The normalized spacial score (nSPS) is 11.8. The second-order valence-corrected chi connectivity index (χ2v) is 3.33. The van der Waals surface area contributed by atoms with Crippen molar-refractivity contribution in [2.45, 2.75) is 19.4 Å². The Labute approximate surface area is 95.8 Å². The topological polar surface area (TPSA) is 136 Å². The van der Waals surface area contributed by atoms with Crippen LogP contribution in [0.3, 0.4) is 0 Å². The summed E-state index contributed by atoms with van der Waals surface area (Å²) in [5.74, 6) is -3.27. The molecule has 0 aliphatic heterocycles. The Kier molecular flexibility index (Phi) is 3.81. The van der Waals surface area contributed by atoms with Gasteiger partial charge in [-0.3, -0.25) is 9.59 Å². The number of carbonyl (C=O) groups excluding carboxylic acids is 2. The Balaban J connectivity index is 2.70. The van der Waals surface area contributed by atoms with Crippen molar-refractivity contribution in [3.05, 3.63) is 17.8 Å². The summed E-state index contributed by atoms with van der Waals surface area (Å²) in [6.07, 6.45) is 0.750. The van der Waals surface area contributed by atoms with Crippen LogP contribution in [0, 0.1) is 6.92 Å². The van der Waals surface area contributed by atoms with Gasteiger partial charge >= 0.3 is 11.9 Å². The van der Waals surface area contributed by atoms with E-state index in [9.17, 15) is 14.4 Å². The Hall–Kier alpha value is -2.38. The molecule has 4 N–H and O–H groups in total. The molecule has 0 unspecified atom stereocenters. The number of carboxylic acids is 1. The molecule has 0 aliphatic carbocycles. The van der Waals surface area contributed by atoms with Crippen molar-refractivity contribution in [2.75, 3.05) is 0 Å². The van der Waals surface area contributed by atoms with E-state index in [2.05, 4.69) is 10.3 Å². The zero-order chi connectivity index (χ0) is 13.0. The summed E-state index contributed by atoms with van der Waals surface area (Å²) in [5, 5.41) is 10.8. The van der Waals surface area contributed by atoms with Crippen molar-refractivity contribution in [3.8, 4) is 0 Å². The predicted molar refractivity (Wildman–Crippen MR) is 53.9 cm³/mol. The third kappa shape index (κ3) is 3.59. The van der Waals surface area contributed by atoms with Crippen molar-refractivity contribution in [2.24, 2.45) is 5.73 Å². The molecule has 1 heterocycles. The Morgan fingerprint density at radius 2 is 2.24 bits per heavy atom. The zero-order valence-corrected chi connectivity index (χ0v) is 8.97. The zero-order valence-electron chi connectivity index (χ0n) is 8.97. The molecule has 0 aromatic carbocycles. The minimum atomic E-state index is -1.40. The Bertz CT molecular complexity index is 453. The lowest BCUT2D eigenvalue weighted by Gasteiger charge is -2.10. The number of rotatable bonds is 5. The first-order valence-electron chi connectivity index (χ1n) is 4.64. The summed E-state index contributed by atoms with van der Waals surface area (Å²) >= 11 is 0. The van der Waals surface area contributed by atoms with Crippen LogP contribution in [0.15, 0.2) is 10.7 Å². The van der Waals surface area contributed by atoms with E-state index in [1.165, 1.54) is 6.26 Å². The van der Waals surface area contributed by atoms with Crippen molar-refractivity contribution in [3.63, 3.8) is 0 Å². The Morgan fingerprint density at radius 1 is 1.59 bits per heavy atom. The molecule has 0 saturated heterocycles. The highest BCUT2D eigenvalue weighted by atomic mass is 16.4. The fourth-order valence-corrected chi connectivity index (χ4v) is 1.08. The fourth-order valence-electron chi connectivity index (χ4n) is 1.08. The summed E-state index contributed by atoms with van der Waals surface area (Å²) < 4.78 is 4.78. The second-order valence-electron chi connectivity index (χ2n) is 3.33. The smallest absolute Gasteiger partial charge is 0.326 e. The van der Waals surface area contributed by atoms with E-state index in [4.69, 9.17) is 15.3 Å². The number of carboxylic acid groups (broad SMARTS) is 1. The van der Waals surface area contributed by atoms with Gasteiger partial charge in [-0.25, -0.2) is 9.78 Å². The lowest BCUT2D eigenvalue weighted by Crippen LogP contribution is -2.43. The number of amides is 2. The molecule has 1 atom stereocenters. The summed E-state index contributed by atoms with van der Waals surface area (Å²) in [6.45, 7) is 1.61. The molecule has 1 aromatic heterocycles. The largest absolute Gasteiger partial charge is 0.480 e. The van der Waals surface area contributed by atoms with Crippen LogP contribution in [-0.2, 0) is 9.59 Å². The van der Waals surface area contributed by atoms with Gasteiger partial charge in [0.05, 0.1) is 12.1 Å². The first-order valence-corrected chi connectivity index (χ1v) is 4.64. The van der Waals surface area contributed by atoms with Crippen molar-refractivity contribution in [1.82, 2.24) is 10.3 Å². The number of oxazole rings is 1. The van der Waals surface area contributed by atoms with Gasteiger partial charge in [-0.1, -0.05) is 0 Å². The van der Waals surface area contributed by atoms with E-state index in [1.807, 2.05) is 0 Å². The average molecular weight is 241 g/mol. The molecule has 92 valence electrons. The molecule has 2 amide bonds. The van der Waals surface area contributed by atoms with E-state index < -0.39 is 30.2 Å². The van der Waals surface area contributed by atoms with E-state index in [0.717, 1.165) is 0 Å². The van der Waals surface area contributed by atoms with Crippen molar-refractivity contribution < 1.29 is 23.9 Å². The van der Waals surface area contributed by atoms with Gasteiger partial charge in [-0.2, -0.15) is 0 Å². The van der Waals surface area contributed by atoms with Crippen LogP contribution >= 0.6 is 0 Å². The van der Waals surface area contributed by atoms with Gasteiger partial charge in [0, 0.05) is 0 Å². The molecule has 0 fully saturated rings. The Morgan fingerprint density at radius 3 is 2.65 bits per heavy atom. The predicted octanol–water partition coefficient (Wildman–Crippen LogP) is -0.959. The van der Waals surface area contributed by atoms with E-state index in [1.54, 1.807) is 6.92 Å². The summed E-state index contributed by atoms with van der Waals surface area (Å²) in [4.78, 5) is 36.5. The molecule has 8 heteroatoms. The molecule has 17 heavy (non-hydrogen) atoms. The van der Waals surface area contributed by atoms with Gasteiger partial charge in [-0.05, 0) is 6.92 Å². The van der Waals surface area contributed by atoms with Crippen LogP contribution in [0.25, 0.3) is 0 Å². The summed E-state index contributed by atoms with van der Waals surface area (Å²) in [6, 6.07) is -1.40. The fraction of sp³-hybridized carbons (Fsp3) is 0.333. The van der Waals surface area contributed by atoms with E-state index in [-0.39, 0.29) is 5.89 Å².